The van der Waals surface area contributed by atoms with Crippen LogP contribution in [0.5, 0.6) is 5.75 Å². The maximum Gasteiger partial charge on any atom is 0.342 e. The van der Waals surface area contributed by atoms with E-state index < -0.39 is 5.97 Å². The van der Waals surface area contributed by atoms with Gasteiger partial charge in [0.05, 0.1) is 0 Å². The third-order valence-electron chi connectivity index (χ3n) is 4.26. The van der Waals surface area contributed by atoms with Crippen molar-refractivity contribution in [3.05, 3.63) is 59.2 Å². The number of anilines is 1. The standard InChI is InChI=1S/C19H19NO4/c1-12-6-5-8-15(18(12)22)19(23)24-11-17(21)20-13(2)10-14-7-3-4-9-16(14)20/h3-9,13,22H,10-11H2,1-2H3/t13-/m1/s1. The number of ether oxygens (including phenoxy) is 1. The van der Waals surface area contributed by atoms with Crippen LogP contribution in [0, 0.1) is 6.92 Å². The number of benzene rings is 2. The molecule has 1 N–H and O–H groups in total. The van der Waals surface area contributed by atoms with Crippen molar-refractivity contribution in [1.82, 2.24) is 0 Å². The van der Waals surface area contributed by atoms with Gasteiger partial charge in [0.25, 0.3) is 5.91 Å². The largest absolute Gasteiger partial charge is 0.507 e. The number of hydrogen-bond donors (Lipinski definition) is 1. The van der Waals surface area contributed by atoms with E-state index in [4.69, 9.17) is 4.74 Å². The molecule has 1 aliphatic rings. The van der Waals surface area contributed by atoms with Gasteiger partial charge in [-0.3, -0.25) is 4.79 Å². The molecule has 5 heteroatoms. The third-order valence-corrected chi connectivity index (χ3v) is 4.26. The lowest BCUT2D eigenvalue weighted by Gasteiger charge is -2.22. The quantitative estimate of drug-likeness (QED) is 0.881. The van der Waals surface area contributed by atoms with Gasteiger partial charge in [-0.15, -0.1) is 0 Å². The lowest BCUT2D eigenvalue weighted by atomic mass is 10.1. The molecule has 0 bridgehead atoms. The Labute approximate surface area is 140 Å². The molecule has 0 saturated carbocycles. The zero-order chi connectivity index (χ0) is 17.3. The molecular formula is C19H19NO4. The van der Waals surface area contributed by atoms with Gasteiger partial charge in [-0.2, -0.15) is 0 Å². The van der Waals surface area contributed by atoms with Gasteiger partial charge in [0.15, 0.2) is 6.61 Å². The second-order valence-electron chi connectivity index (χ2n) is 5.99. The Morgan fingerprint density at radius 2 is 1.96 bits per heavy atom. The predicted octanol–water partition coefficient (Wildman–Crippen LogP) is 2.84. The Hall–Kier alpha value is -2.82. The minimum absolute atomic E-state index is 0.0287. The van der Waals surface area contributed by atoms with Crippen LogP contribution < -0.4 is 4.90 Å². The van der Waals surface area contributed by atoms with Crippen molar-refractivity contribution < 1.29 is 19.4 Å². The summed E-state index contributed by atoms with van der Waals surface area (Å²) in [5.41, 5.74) is 2.63. The van der Waals surface area contributed by atoms with Crippen LogP contribution in [0.15, 0.2) is 42.5 Å². The molecule has 0 unspecified atom stereocenters. The van der Waals surface area contributed by atoms with Gasteiger partial charge < -0.3 is 14.7 Å². The molecule has 1 amide bonds. The van der Waals surface area contributed by atoms with Crippen LogP contribution in [0.2, 0.25) is 0 Å². The summed E-state index contributed by atoms with van der Waals surface area (Å²) in [5, 5.41) is 9.92. The van der Waals surface area contributed by atoms with Crippen LogP contribution in [0.25, 0.3) is 0 Å². The molecule has 0 saturated heterocycles. The fourth-order valence-electron chi connectivity index (χ4n) is 3.04. The van der Waals surface area contributed by atoms with Gasteiger partial charge in [0, 0.05) is 11.7 Å². The Bertz CT molecular complexity index is 800. The number of hydrogen-bond acceptors (Lipinski definition) is 4. The second-order valence-corrected chi connectivity index (χ2v) is 5.99. The first-order valence-electron chi connectivity index (χ1n) is 7.84. The van der Waals surface area contributed by atoms with E-state index in [0.717, 1.165) is 17.7 Å². The first-order valence-corrected chi connectivity index (χ1v) is 7.84. The summed E-state index contributed by atoms with van der Waals surface area (Å²) < 4.78 is 5.11. The van der Waals surface area contributed by atoms with E-state index >= 15 is 0 Å². The minimum atomic E-state index is -0.704. The molecule has 1 heterocycles. The topological polar surface area (TPSA) is 66.8 Å². The number of esters is 1. The number of phenolic OH excluding ortho intramolecular Hbond substituents is 1. The van der Waals surface area contributed by atoms with Gasteiger partial charge in [0.1, 0.15) is 11.3 Å². The van der Waals surface area contributed by atoms with E-state index in [9.17, 15) is 14.7 Å². The first-order chi connectivity index (χ1) is 11.5. The van der Waals surface area contributed by atoms with Gasteiger partial charge in [0.2, 0.25) is 0 Å². The number of carbonyl (C=O) groups excluding carboxylic acids is 2. The van der Waals surface area contributed by atoms with Crippen LogP contribution >= 0.6 is 0 Å². The highest BCUT2D eigenvalue weighted by Crippen LogP contribution is 2.31. The molecule has 3 rings (SSSR count). The van der Waals surface area contributed by atoms with Gasteiger partial charge in [-0.05, 0) is 43.5 Å². The monoisotopic (exact) mass is 325 g/mol. The van der Waals surface area contributed by atoms with E-state index in [0.29, 0.717) is 5.56 Å². The molecule has 0 spiro atoms. The number of fused-ring (bicyclic) bond motifs is 1. The Balaban J connectivity index is 1.70. The van der Waals surface area contributed by atoms with Gasteiger partial charge >= 0.3 is 5.97 Å². The van der Waals surface area contributed by atoms with E-state index in [1.807, 2.05) is 31.2 Å². The van der Waals surface area contributed by atoms with Crippen LogP contribution in [0.1, 0.15) is 28.4 Å². The van der Waals surface area contributed by atoms with Crippen molar-refractivity contribution in [2.24, 2.45) is 0 Å². The van der Waals surface area contributed by atoms with Crippen molar-refractivity contribution in [2.45, 2.75) is 26.3 Å². The molecule has 1 aliphatic heterocycles. The molecule has 0 fully saturated rings. The minimum Gasteiger partial charge on any atom is -0.507 e. The fraction of sp³-hybridized carbons (Fsp3) is 0.263. The Morgan fingerprint density at radius 3 is 2.75 bits per heavy atom. The molecule has 0 aliphatic carbocycles. The zero-order valence-electron chi connectivity index (χ0n) is 13.7. The summed E-state index contributed by atoms with van der Waals surface area (Å²) in [6.45, 7) is 3.30. The smallest absolute Gasteiger partial charge is 0.342 e. The molecule has 2 aromatic rings. The van der Waals surface area contributed by atoms with Crippen LogP contribution in [-0.2, 0) is 16.0 Å². The second kappa shape index (κ2) is 6.35. The highest BCUT2D eigenvalue weighted by atomic mass is 16.5. The highest BCUT2D eigenvalue weighted by molar-refractivity contribution is 5.99. The fourth-order valence-corrected chi connectivity index (χ4v) is 3.04. The maximum atomic E-state index is 12.5. The van der Waals surface area contributed by atoms with E-state index in [2.05, 4.69) is 0 Å². The molecule has 124 valence electrons. The van der Waals surface area contributed by atoms with E-state index in [1.165, 1.54) is 6.07 Å². The van der Waals surface area contributed by atoms with Crippen molar-refractivity contribution >= 4 is 17.6 Å². The van der Waals surface area contributed by atoms with E-state index in [-0.39, 0.29) is 29.9 Å². The van der Waals surface area contributed by atoms with Crippen molar-refractivity contribution in [2.75, 3.05) is 11.5 Å². The average Bonchev–Trinajstić information content (AvgIpc) is 2.90. The summed E-state index contributed by atoms with van der Waals surface area (Å²) in [7, 11) is 0. The third kappa shape index (κ3) is 2.85. The Morgan fingerprint density at radius 1 is 1.21 bits per heavy atom. The molecule has 5 nitrogen and oxygen atoms in total. The summed E-state index contributed by atoms with van der Waals surface area (Å²) in [5.74, 6) is -1.09. The number of nitrogens with zero attached hydrogens (tertiary/aromatic N) is 1. The number of para-hydroxylation sites is 2. The molecule has 2 aromatic carbocycles. The number of carbonyl (C=O) groups is 2. The van der Waals surface area contributed by atoms with Crippen LogP contribution in [-0.4, -0.2) is 29.6 Å². The number of amides is 1. The van der Waals surface area contributed by atoms with Crippen molar-refractivity contribution in [1.29, 1.82) is 0 Å². The SMILES string of the molecule is Cc1cccc(C(=O)OCC(=O)N2c3ccccc3C[C@H]2C)c1O. The summed E-state index contributed by atoms with van der Waals surface area (Å²) in [6.07, 6.45) is 0.786. The number of rotatable bonds is 3. The van der Waals surface area contributed by atoms with Crippen molar-refractivity contribution in [3.63, 3.8) is 0 Å². The number of phenols is 1. The normalized spacial score (nSPS) is 15.9. The van der Waals surface area contributed by atoms with E-state index in [1.54, 1.807) is 24.0 Å². The summed E-state index contributed by atoms with van der Waals surface area (Å²) in [6, 6.07) is 12.6. The first kappa shape index (κ1) is 16.1. The predicted molar refractivity (Wildman–Crippen MR) is 90.2 cm³/mol. The molecule has 0 aromatic heterocycles. The lowest BCUT2D eigenvalue weighted by Crippen LogP contribution is -2.38. The maximum absolute atomic E-state index is 12.5. The zero-order valence-corrected chi connectivity index (χ0v) is 13.7. The Kier molecular flexibility index (Phi) is 4.25. The summed E-state index contributed by atoms with van der Waals surface area (Å²) in [4.78, 5) is 26.3. The lowest BCUT2D eigenvalue weighted by molar-refractivity contribution is -0.122. The van der Waals surface area contributed by atoms with Crippen LogP contribution in [0.4, 0.5) is 5.69 Å². The summed E-state index contributed by atoms with van der Waals surface area (Å²) >= 11 is 0. The molecule has 1 atom stereocenters. The average molecular weight is 325 g/mol. The number of aryl methyl sites for hydroxylation is 1. The molecular weight excluding hydrogens is 306 g/mol. The van der Waals surface area contributed by atoms with Gasteiger partial charge in [-0.1, -0.05) is 30.3 Å². The van der Waals surface area contributed by atoms with Crippen molar-refractivity contribution in [3.8, 4) is 5.75 Å². The van der Waals surface area contributed by atoms with Crippen LogP contribution in [0.3, 0.4) is 0 Å². The highest BCUT2D eigenvalue weighted by Gasteiger charge is 2.31. The number of aromatic hydroxyl groups is 1. The molecule has 0 radical (unpaired) electrons. The van der Waals surface area contributed by atoms with Gasteiger partial charge in [-0.25, -0.2) is 4.79 Å². The molecule has 24 heavy (non-hydrogen) atoms.